The third-order valence-electron chi connectivity index (χ3n) is 6.91. The zero-order valence-corrected chi connectivity index (χ0v) is 16.7. The van der Waals surface area contributed by atoms with Crippen LogP contribution < -0.4 is 10.6 Å². The number of nitrogens with one attached hydrogen (secondary N) is 2. The van der Waals surface area contributed by atoms with Gasteiger partial charge in [0.25, 0.3) is 0 Å². The quantitative estimate of drug-likeness (QED) is 0.476. The summed E-state index contributed by atoms with van der Waals surface area (Å²) in [5.41, 5.74) is -1.89. The summed E-state index contributed by atoms with van der Waals surface area (Å²) in [5.74, 6) is 1.67. The predicted octanol–water partition coefficient (Wildman–Crippen LogP) is 5.53. The molecule has 4 bridgehead atoms. The Kier molecular flexibility index (Phi) is 4.56. The van der Waals surface area contributed by atoms with Crippen LogP contribution in [0.15, 0.2) is 30.6 Å². The summed E-state index contributed by atoms with van der Waals surface area (Å²) in [6, 6.07) is 4.84. The topological polar surface area (TPSA) is 93.0 Å². The minimum Gasteiger partial charge on any atom is -0.359 e. The molecule has 4 saturated carbocycles. The number of rotatable bonds is 5. The van der Waals surface area contributed by atoms with Crippen molar-refractivity contribution >= 4 is 23.0 Å². The van der Waals surface area contributed by atoms with Gasteiger partial charge in [-0.1, -0.05) is 12.1 Å². The molecule has 1 aromatic heterocycles. The highest BCUT2D eigenvalue weighted by Crippen LogP contribution is 2.57. The summed E-state index contributed by atoms with van der Waals surface area (Å²) >= 11 is 0. The summed E-state index contributed by atoms with van der Waals surface area (Å²) in [6.45, 7) is 0. The highest BCUT2D eigenvalue weighted by molar-refractivity contribution is 5.75. The molecule has 0 aliphatic heterocycles. The van der Waals surface area contributed by atoms with Crippen LogP contribution in [0.3, 0.4) is 0 Å². The Morgan fingerprint density at radius 1 is 1.00 bits per heavy atom. The zero-order valence-electron chi connectivity index (χ0n) is 16.7. The fourth-order valence-corrected chi connectivity index (χ4v) is 6.22. The van der Waals surface area contributed by atoms with Crippen LogP contribution in [0.4, 0.5) is 36.2 Å². The number of para-hydroxylation sites is 1. The van der Waals surface area contributed by atoms with Crippen molar-refractivity contribution in [1.29, 1.82) is 0 Å². The van der Waals surface area contributed by atoms with Crippen molar-refractivity contribution in [1.82, 2.24) is 9.97 Å². The van der Waals surface area contributed by atoms with Crippen LogP contribution in [-0.2, 0) is 6.18 Å². The Balaban J connectivity index is 1.49. The number of hydrogen-bond acceptors (Lipinski definition) is 6. The van der Waals surface area contributed by atoms with Crippen LogP contribution >= 0.6 is 0 Å². The maximum Gasteiger partial charge on any atom is 0.418 e. The minimum absolute atomic E-state index is 0.0638. The van der Waals surface area contributed by atoms with E-state index in [1.54, 1.807) is 0 Å². The molecule has 0 saturated heterocycles. The second kappa shape index (κ2) is 7.06. The minimum atomic E-state index is -4.61. The van der Waals surface area contributed by atoms with E-state index in [9.17, 15) is 23.3 Å². The number of nitro groups is 1. The first-order valence-electron chi connectivity index (χ1n) is 10.4. The first-order chi connectivity index (χ1) is 14.7. The molecule has 164 valence electrons. The van der Waals surface area contributed by atoms with Gasteiger partial charge in [0.15, 0.2) is 0 Å². The standard InChI is InChI=1S/C21H22F3N5O2/c22-21(23,24)15-3-1-2-4-16(15)27-18-17(29(30)31)19(26-11-25-18)28-20-8-12-5-13(9-20)7-14(6-12)10-20/h1-4,11-14H,5-10H2,(H2,25,26,27,28). The van der Waals surface area contributed by atoms with E-state index < -0.39 is 22.4 Å². The second-order valence-electron chi connectivity index (χ2n) is 9.17. The smallest absolute Gasteiger partial charge is 0.359 e. The van der Waals surface area contributed by atoms with Crippen molar-refractivity contribution in [3.63, 3.8) is 0 Å². The molecule has 1 aromatic carbocycles. The van der Waals surface area contributed by atoms with Gasteiger partial charge in [-0.3, -0.25) is 10.1 Å². The van der Waals surface area contributed by atoms with E-state index in [1.165, 1.54) is 37.5 Å². The number of hydrogen-bond donors (Lipinski definition) is 2. The summed E-state index contributed by atoms with van der Waals surface area (Å²) in [6.07, 6.45) is 3.02. The number of alkyl halides is 3. The second-order valence-corrected chi connectivity index (χ2v) is 9.17. The van der Waals surface area contributed by atoms with E-state index >= 15 is 0 Å². The van der Waals surface area contributed by atoms with Gasteiger partial charge in [-0.25, -0.2) is 9.97 Å². The van der Waals surface area contributed by atoms with Gasteiger partial charge in [0, 0.05) is 5.54 Å². The Morgan fingerprint density at radius 3 is 2.16 bits per heavy atom. The molecule has 0 unspecified atom stereocenters. The lowest BCUT2D eigenvalue weighted by Crippen LogP contribution is -2.55. The largest absolute Gasteiger partial charge is 0.418 e. The van der Waals surface area contributed by atoms with Crippen molar-refractivity contribution in [3.8, 4) is 0 Å². The van der Waals surface area contributed by atoms with Crippen molar-refractivity contribution in [2.45, 2.75) is 50.2 Å². The number of nitrogens with zero attached hydrogens (tertiary/aromatic N) is 3. The maximum atomic E-state index is 13.4. The number of halogens is 3. The first-order valence-corrected chi connectivity index (χ1v) is 10.4. The van der Waals surface area contributed by atoms with Crippen LogP contribution in [-0.4, -0.2) is 20.4 Å². The van der Waals surface area contributed by atoms with E-state index in [0.717, 1.165) is 31.7 Å². The predicted molar refractivity (Wildman–Crippen MR) is 108 cm³/mol. The van der Waals surface area contributed by atoms with Gasteiger partial charge in [0.2, 0.25) is 11.6 Å². The highest BCUT2D eigenvalue weighted by Gasteiger charge is 2.51. The molecule has 4 aliphatic rings. The van der Waals surface area contributed by atoms with Gasteiger partial charge in [-0.2, -0.15) is 13.2 Å². The van der Waals surface area contributed by atoms with Crippen molar-refractivity contribution in [2.75, 3.05) is 10.6 Å². The molecule has 0 radical (unpaired) electrons. The van der Waals surface area contributed by atoms with Gasteiger partial charge < -0.3 is 10.6 Å². The lowest BCUT2D eigenvalue weighted by Gasteiger charge is -2.57. The van der Waals surface area contributed by atoms with Gasteiger partial charge >= 0.3 is 11.9 Å². The number of aromatic nitrogens is 2. The monoisotopic (exact) mass is 433 g/mol. The molecule has 0 atom stereocenters. The van der Waals surface area contributed by atoms with E-state index in [4.69, 9.17) is 0 Å². The average molecular weight is 433 g/mol. The molecule has 2 aromatic rings. The number of benzene rings is 1. The first kappa shape index (κ1) is 20.0. The lowest BCUT2D eigenvalue weighted by molar-refractivity contribution is -0.383. The molecule has 0 spiro atoms. The van der Waals surface area contributed by atoms with Crippen molar-refractivity contribution in [2.24, 2.45) is 17.8 Å². The third-order valence-corrected chi connectivity index (χ3v) is 6.91. The molecule has 4 fully saturated rings. The Morgan fingerprint density at radius 2 is 1.58 bits per heavy atom. The van der Waals surface area contributed by atoms with E-state index in [0.29, 0.717) is 17.8 Å². The Labute approximate surface area is 176 Å². The Hall–Kier alpha value is -2.91. The fourth-order valence-electron chi connectivity index (χ4n) is 6.22. The van der Waals surface area contributed by atoms with Crippen molar-refractivity contribution in [3.05, 3.63) is 46.3 Å². The van der Waals surface area contributed by atoms with Gasteiger partial charge in [-0.15, -0.1) is 0 Å². The van der Waals surface area contributed by atoms with Gasteiger partial charge in [-0.05, 0) is 68.4 Å². The molecule has 7 nitrogen and oxygen atoms in total. The summed E-state index contributed by atoms with van der Waals surface area (Å²) in [7, 11) is 0. The van der Waals surface area contributed by atoms with Crippen molar-refractivity contribution < 1.29 is 18.1 Å². The molecule has 10 heteroatoms. The molecule has 2 N–H and O–H groups in total. The molecular formula is C21H22F3N5O2. The van der Waals surface area contributed by atoms with E-state index in [-0.39, 0.29) is 22.9 Å². The molecule has 6 rings (SSSR count). The maximum absolute atomic E-state index is 13.4. The third kappa shape index (κ3) is 3.68. The average Bonchev–Trinajstić information content (AvgIpc) is 2.66. The van der Waals surface area contributed by atoms with Crippen LogP contribution in [0, 0.1) is 27.9 Å². The summed E-state index contributed by atoms with van der Waals surface area (Å²) in [4.78, 5) is 19.3. The van der Waals surface area contributed by atoms with Gasteiger partial charge in [0.05, 0.1) is 16.2 Å². The highest BCUT2D eigenvalue weighted by atomic mass is 19.4. The molecular weight excluding hydrogens is 411 g/mol. The molecule has 1 heterocycles. The molecule has 0 amide bonds. The summed E-state index contributed by atoms with van der Waals surface area (Å²) in [5, 5.41) is 17.8. The normalized spacial score (nSPS) is 29.1. The van der Waals surface area contributed by atoms with Crippen LogP contribution in [0.25, 0.3) is 0 Å². The Bertz CT molecular complexity index is 991. The van der Waals surface area contributed by atoms with Crippen LogP contribution in [0.5, 0.6) is 0 Å². The van der Waals surface area contributed by atoms with Crippen LogP contribution in [0.2, 0.25) is 0 Å². The number of anilines is 3. The van der Waals surface area contributed by atoms with Crippen LogP contribution in [0.1, 0.15) is 44.1 Å². The van der Waals surface area contributed by atoms with E-state index in [1.807, 2.05) is 0 Å². The SMILES string of the molecule is O=[N+]([O-])c1c(Nc2ccccc2C(F)(F)F)ncnc1NC12CC3CC(CC(C3)C1)C2. The lowest BCUT2D eigenvalue weighted by atomic mass is 9.53. The molecule has 31 heavy (non-hydrogen) atoms. The summed E-state index contributed by atoms with van der Waals surface area (Å²) < 4.78 is 40.1. The molecule has 4 aliphatic carbocycles. The van der Waals surface area contributed by atoms with E-state index in [2.05, 4.69) is 20.6 Å². The fraction of sp³-hybridized carbons (Fsp3) is 0.524. The van der Waals surface area contributed by atoms with Gasteiger partial charge in [0.1, 0.15) is 6.33 Å². The zero-order chi connectivity index (χ0) is 21.8.